The maximum Gasteiger partial charge on any atom is 0.300 e. The fraction of sp³-hybridized carbons (Fsp3) is 0.143. The molecule has 102 valence electrons. The van der Waals surface area contributed by atoms with Crippen LogP contribution in [0.1, 0.15) is 32.2 Å². The number of hydrazine groups is 1. The minimum Gasteiger partial charge on any atom is -0.454 e. The molecule has 0 saturated heterocycles. The zero-order valence-electron chi connectivity index (χ0n) is 10.6. The predicted octanol–water partition coefficient (Wildman–Crippen LogP) is 1.04. The quantitative estimate of drug-likeness (QED) is 0.496. The molecule has 0 radical (unpaired) electrons. The lowest BCUT2D eigenvalue weighted by Gasteiger charge is -2.13. The number of hydrogen-bond acceptors (Lipinski definition) is 4. The van der Waals surface area contributed by atoms with Gasteiger partial charge in [-0.15, -0.1) is 0 Å². The molecule has 0 bridgehead atoms. The summed E-state index contributed by atoms with van der Waals surface area (Å²) in [5, 5.41) is 0. The number of nitrogen functional groups attached to an aromatic ring is 1. The van der Waals surface area contributed by atoms with Crippen LogP contribution < -0.4 is 11.3 Å². The first-order valence-electron chi connectivity index (χ1n) is 6.16. The average Bonchev–Trinajstić information content (AvgIpc) is 3.05. The second-order valence-corrected chi connectivity index (χ2v) is 4.56. The Bertz CT molecular complexity index is 678. The van der Waals surface area contributed by atoms with E-state index in [1.807, 2.05) is 29.7 Å². The second-order valence-electron chi connectivity index (χ2n) is 4.56. The van der Waals surface area contributed by atoms with E-state index >= 15 is 0 Å². The van der Waals surface area contributed by atoms with Crippen molar-refractivity contribution in [2.24, 2.45) is 5.84 Å². The Balaban J connectivity index is 1.76. The van der Waals surface area contributed by atoms with E-state index in [9.17, 15) is 9.59 Å². The predicted molar refractivity (Wildman–Crippen MR) is 70.4 cm³/mol. The summed E-state index contributed by atoms with van der Waals surface area (Å²) in [6.45, 7) is 0.874. The van der Waals surface area contributed by atoms with Crippen LogP contribution in [-0.2, 0) is 13.1 Å². The third-order valence-electron chi connectivity index (χ3n) is 3.26. The highest BCUT2D eigenvalue weighted by Gasteiger charge is 2.27. The largest absolute Gasteiger partial charge is 0.454 e. The summed E-state index contributed by atoms with van der Waals surface area (Å²) < 4.78 is 5.36. The molecule has 1 aromatic carbocycles. The highest BCUT2D eigenvalue weighted by Crippen LogP contribution is 2.24. The smallest absolute Gasteiger partial charge is 0.300 e. The minimum absolute atomic E-state index is 0.0261. The van der Waals surface area contributed by atoms with Crippen LogP contribution in [0.15, 0.2) is 40.8 Å². The highest BCUT2D eigenvalue weighted by atomic mass is 16.4. The Labute approximate surface area is 115 Å². The third-order valence-corrected chi connectivity index (χ3v) is 3.26. The number of fused-ring (bicyclic) bond motifs is 1. The average molecular weight is 271 g/mol. The highest BCUT2D eigenvalue weighted by molar-refractivity contribution is 5.98. The lowest BCUT2D eigenvalue weighted by molar-refractivity contribution is 0.0754. The standard InChI is InChI=1S/C14H13N3O3/c15-16-13(18)12-6-5-10(20-12)8-17-7-9-3-1-2-4-11(9)14(17)19/h1-6H,7-8,15H2,(H,16,18). The van der Waals surface area contributed by atoms with Gasteiger partial charge in [0.15, 0.2) is 5.76 Å². The van der Waals surface area contributed by atoms with Gasteiger partial charge in [-0.1, -0.05) is 18.2 Å². The molecule has 0 saturated carbocycles. The van der Waals surface area contributed by atoms with Crippen molar-refractivity contribution in [2.45, 2.75) is 13.1 Å². The summed E-state index contributed by atoms with van der Waals surface area (Å²) in [6.07, 6.45) is 0. The van der Waals surface area contributed by atoms with Crippen molar-refractivity contribution in [3.63, 3.8) is 0 Å². The van der Waals surface area contributed by atoms with Crippen LogP contribution >= 0.6 is 0 Å². The van der Waals surface area contributed by atoms with Crippen LogP contribution in [0.25, 0.3) is 0 Å². The van der Waals surface area contributed by atoms with Crippen molar-refractivity contribution in [3.05, 3.63) is 59.0 Å². The number of nitrogens with zero attached hydrogens (tertiary/aromatic N) is 1. The molecule has 0 unspecified atom stereocenters. The van der Waals surface area contributed by atoms with Gasteiger partial charge in [0.2, 0.25) is 0 Å². The maximum atomic E-state index is 12.2. The molecule has 20 heavy (non-hydrogen) atoms. The normalized spacial score (nSPS) is 13.4. The molecular formula is C14H13N3O3. The van der Waals surface area contributed by atoms with Crippen molar-refractivity contribution in [2.75, 3.05) is 0 Å². The SMILES string of the molecule is NNC(=O)c1ccc(CN2Cc3ccccc3C2=O)o1. The zero-order chi connectivity index (χ0) is 14.1. The van der Waals surface area contributed by atoms with Gasteiger partial charge in [0, 0.05) is 12.1 Å². The van der Waals surface area contributed by atoms with Crippen LogP contribution in [0.2, 0.25) is 0 Å². The molecule has 0 atom stereocenters. The Morgan fingerprint density at radius 2 is 2.10 bits per heavy atom. The number of carbonyl (C=O) groups is 2. The number of nitrogens with two attached hydrogens (primary N) is 1. The zero-order valence-corrected chi connectivity index (χ0v) is 10.6. The topological polar surface area (TPSA) is 88.6 Å². The molecule has 1 aliphatic heterocycles. The van der Waals surface area contributed by atoms with Gasteiger partial charge in [0.25, 0.3) is 5.91 Å². The van der Waals surface area contributed by atoms with Crippen LogP contribution in [-0.4, -0.2) is 16.7 Å². The van der Waals surface area contributed by atoms with Gasteiger partial charge in [-0.25, -0.2) is 5.84 Å². The summed E-state index contributed by atoms with van der Waals surface area (Å²) in [6, 6.07) is 10.7. The van der Waals surface area contributed by atoms with E-state index < -0.39 is 5.91 Å². The van der Waals surface area contributed by atoms with Gasteiger partial charge < -0.3 is 9.32 Å². The molecule has 6 nitrogen and oxygen atoms in total. The molecule has 3 N–H and O–H groups in total. The first-order chi connectivity index (χ1) is 9.69. The molecule has 0 fully saturated rings. The van der Waals surface area contributed by atoms with Gasteiger partial charge in [-0.05, 0) is 23.8 Å². The van der Waals surface area contributed by atoms with Crippen molar-refractivity contribution in [1.82, 2.24) is 10.3 Å². The van der Waals surface area contributed by atoms with E-state index in [0.29, 0.717) is 18.8 Å². The molecule has 0 aliphatic carbocycles. The molecule has 3 rings (SSSR count). The first-order valence-corrected chi connectivity index (χ1v) is 6.16. The molecule has 1 aliphatic rings. The Hall–Kier alpha value is -2.60. The Morgan fingerprint density at radius 1 is 1.30 bits per heavy atom. The maximum absolute atomic E-state index is 12.2. The Kier molecular flexibility index (Phi) is 3.00. The molecule has 0 spiro atoms. The van der Waals surface area contributed by atoms with E-state index in [-0.39, 0.29) is 11.7 Å². The molecule has 2 aromatic rings. The van der Waals surface area contributed by atoms with Gasteiger partial charge >= 0.3 is 5.91 Å². The lowest BCUT2D eigenvalue weighted by Crippen LogP contribution is -2.29. The van der Waals surface area contributed by atoms with Crippen LogP contribution in [0.3, 0.4) is 0 Å². The monoisotopic (exact) mass is 271 g/mol. The van der Waals surface area contributed by atoms with E-state index in [2.05, 4.69) is 0 Å². The van der Waals surface area contributed by atoms with Crippen molar-refractivity contribution < 1.29 is 14.0 Å². The van der Waals surface area contributed by atoms with Crippen molar-refractivity contribution in [1.29, 1.82) is 0 Å². The molecule has 6 heteroatoms. The molecular weight excluding hydrogens is 258 g/mol. The van der Waals surface area contributed by atoms with Crippen molar-refractivity contribution in [3.8, 4) is 0 Å². The summed E-state index contributed by atoms with van der Waals surface area (Å²) in [5.41, 5.74) is 3.72. The summed E-state index contributed by atoms with van der Waals surface area (Å²) >= 11 is 0. The number of amides is 2. The van der Waals surface area contributed by atoms with E-state index in [0.717, 1.165) is 11.1 Å². The number of rotatable bonds is 3. The van der Waals surface area contributed by atoms with Gasteiger partial charge in [0.1, 0.15) is 5.76 Å². The lowest BCUT2D eigenvalue weighted by atomic mass is 10.1. The van der Waals surface area contributed by atoms with Gasteiger partial charge in [0.05, 0.1) is 6.54 Å². The minimum atomic E-state index is -0.493. The Morgan fingerprint density at radius 3 is 2.85 bits per heavy atom. The van der Waals surface area contributed by atoms with Crippen molar-refractivity contribution >= 4 is 11.8 Å². The summed E-state index contributed by atoms with van der Waals surface area (Å²) in [5.74, 6) is 5.19. The van der Waals surface area contributed by atoms with Gasteiger partial charge in [-0.2, -0.15) is 0 Å². The number of carbonyl (C=O) groups excluding carboxylic acids is 2. The van der Waals surface area contributed by atoms with Crippen LogP contribution in [0.5, 0.6) is 0 Å². The van der Waals surface area contributed by atoms with E-state index in [4.69, 9.17) is 10.3 Å². The number of benzene rings is 1. The number of nitrogens with one attached hydrogen (secondary N) is 1. The molecule has 2 amide bonds. The van der Waals surface area contributed by atoms with Crippen LogP contribution in [0.4, 0.5) is 0 Å². The second kappa shape index (κ2) is 4.82. The summed E-state index contributed by atoms with van der Waals surface area (Å²) in [4.78, 5) is 25.2. The van der Waals surface area contributed by atoms with E-state index in [1.54, 1.807) is 11.0 Å². The summed E-state index contributed by atoms with van der Waals surface area (Å²) in [7, 11) is 0. The third kappa shape index (κ3) is 2.06. The fourth-order valence-corrected chi connectivity index (χ4v) is 2.29. The van der Waals surface area contributed by atoms with E-state index in [1.165, 1.54) is 6.07 Å². The number of furan rings is 1. The first kappa shape index (κ1) is 12.4. The van der Waals surface area contributed by atoms with Crippen LogP contribution in [0, 0.1) is 0 Å². The molecule has 2 heterocycles. The fourth-order valence-electron chi connectivity index (χ4n) is 2.29. The van der Waals surface area contributed by atoms with Gasteiger partial charge in [-0.3, -0.25) is 15.0 Å². The number of hydrogen-bond donors (Lipinski definition) is 2. The molecule has 1 aromatic heterocycles.